The van der Waals surface area contributed by atoms with Crippen molar-refractivity contribution in [1.82, 2.24) is 0 Å². The number of ether oxygens (including phenoxy) is 1. The Hall–Kier alpha value is -2.75. The maximum Gasteiger partial charge on any atom is 0.165 e. The molecule has 0 N–H and O–H groups in total. The van der Waals surface area contributed by atoms with Crippen molar-refractivity contribution in [1.29, 1.82) is 0 Å². The number of halogens is 3. The minimum absolute atomic E-state index is 0.0768. The quantitative estimate of drug-likeness (QED) is 0.388. The number of hydrogen-bond acceptors (Lipinski definition) is 1. The highest BCUT2D eigenvalue weighted by atomic mass is 19.2. The summed E-state index contributed by atoms with van der Waals surface area (Å²) in [7, 11) is 0. The Balaban J connectivity index is 1.69. The first-order valence-electron chi connectivity index (χ1n) is 10.0. The summed E-state index contributed by atoms with van der Waals surface area (Å²) in [5.74, 6) is -1.43. The first kappa shape index (κ1) is 21.0. The summed E-state index contributed by atoms with van der Waals surface area (Å²) in [5, 5.41) is 0. The molecule has 0 heterocycles. The molecule has 3 aromatic rings. The van der Waals surface area contributed by atoms with Gasteiger partial charge >= 0.3 is 0 Å². The molecule has 0 fully saturated rings. The van der Waals surface area contributed by atoms with Crippen molar-refractivity contribution in [2.45, 2.75) is 46.1 Å². The van der Waals surface area contributed by atoms with E-state index in [0.29, 0.717) is 23.3 Å². The van der Waals surface area contributed by atoms with Gasteiger partial charge in [-0.1, -0.05) is 56.7 Å². The van der Waals surface area contributed by atoms with Crippen LogP contribution < -0.4 is 4.74 Å². The zero-order valence-corrected chi connectivity index (χ0v) is 16.8. The van der Waals surface area contributed by atoms with E-state index in [1.54, 1.807) is 55.5 Å². The molecule has 4 heteroatoms. The van der Waals surface area contributed by atoms with Crippen LogP contribution >= 0.6 is 0 Å². The monoisotopic (exact) mass is 398 g/mol. The van der Waals surface area contributed by atoms with Gasteiger partial charge in [-0.3, -0.25) is 0 Å². The Morgan fingerprint density at radius 1 is 0.793 bits per heavy atom. The topological polar surface area (TPSA) is 9.23 Å². The van der Waals surface area contributed by atoms with Crippen LogP contribution in [0.15, 0.2) is 54.6 Å². The molecule has 0 unspecified atom stereocenters. The minimum atomic E-state index is -0.869. The van der Waals surface area contributed by atoms with E-state index in [1.165, 1.54) is 0 Å². The van der Waals surface area contributed by atoms with Gasteiger partial charge in [0.2, 0.25) is 0 Å². The van der Waals surface area contributed by atoms with Gasteiger partial charge in [0.15, 0.2) is 11.6 Å². The van der Waals surface area contributed by atoms with Crippen molar-refractivity contribution in [3.8, 4) is 16.9 Å². The molecule has 0 radical (unpaired) electrons. The fourth-order valence-electron chi connectivity index (χ4n) is 3.23. The highest BCUT2D eigenvalue weighted by Gasteiger charge is 2.13. The van der Waals surface area contributed by atoms with Crippen molar-refractivity contribution in [3.05, 3.63) is 88.7 Å². The Morgan fingerprint density at radius 2 is 1.48 bits per heavy atom. The van der Waals surface area contributed by atoms with Gasteiger partial charge < -0.3 is 4.74 Å². The molecule has 0 aliphatic rings. The highest BCUT2D eigenvalue weighted by Crippen LogP contribution is 2.27. The fraction of sp³-hybridized carbons (Fsp3) is 0.280. The lowest BCUT2D eigenvalue weighted by Gasteiger charge is -2.11. The number of aryl methyl sites for hydroxylation is 2. The predicted molar refractivity (Wildman–Crippen MR) is 111 cm³/mol. The lowest BCUT2D eigenvalue weighted by atomic mass is 10.0. The SMILES string of the molecule is CCCCc1ccc(-c2ccc(OCc3ccc(CC)c(F)c3F)cc2)c(F)c1. The van der Waals surface area contributed by atoms with Crippen LogP contribution in [0.2, 0.25) is 0 Å². The Morgan fingerprint density at radius 3 is 2.14 bits per heavy atom. The molecule has 0 aliphatic heterocycles. The van der Waals surface area contributed by atoms with Crippen molar-refractivity contribution < 1.29 is 17.9 Å². The number of rotatable bonds is 8. The van der Waals surface area contributed by atoms with Crippen LogP contribution in [-0.2, 0) is 19.4 Å². The van der Waals surface area contributed by atoms with E-state index in [0.717, 1.165) is 30.4 Å². The Kier molecular flexibility index (Phi) is 6.97. The highest BCUT2D eigenvalue weighted by molar-refractivity contribution is 5.65. The maximum atomic E-state index is 14.5. The summed E-state index contributed by atoms with van der Waals surface area (Å²) in [6.45, 7) is 3.81. The molecule has 0 saturated carbocycles. The molecule has 3 aromatic carbocycles. The van der Waals surface area contributed by atoms with Gasteiger partial charge in [-0.15, -0.1) is 0 Å². The van der Waals surface area contributed by atoms with Crippen molar-refractivity contribution in [3.63, 3.8) is 0 Å². The molecule has 29 heavy (non-hydrogen) atoms. The second-order valence-electron chi connectivity index (χ2n) is 7.10. The first-order chi connectivity index (χ1) is 14.0. The summed E-state index contributed by atoms with van der Waals surface area (Å²) in [5.41, 5.74) is 2.77. The molecule has 3 rings (SSSR count). The smallest absolute Gasteiger partial charge is 0.165 e. The Bertz CT molecular complexity index is 965. The molecule has 1 nitrogen and oxygen atoms in total. The van der Waals surface area contributed by atoms with E-state index in [-0.39, 0.29) is 18.0 Å². The molecule has 0 spiro atoms. The molecule has 0 atom stereocenters. The van der Waals surface area contributed by atoms with Crippen molar-refractivity contribution in [2.24, 2.45) is 0 Å². The standard InChI is InChI=1S/C25H25F3O/c1-3-5-6-17-7-14-22(23(26)15-17)19-10-12-21(13-11-19)29-16-20-9-8-18(4-2)24(27)25(20)28/h7-15H,3-6,16H2,1-2H3. The van der Waals surface area contributed by atoms with Gasteiger partial charge in [0.25, 0.3) is 0 Å². The molecule has 152 valence electrons. The minimum Gasteiger partial charge on any atom is -0.489 e. The number of unbranched alkanes of at least 4 members (excludes halogenated alkanes) is 1. The molecule has 0 amide bonds. The van der Waals surface area contributed by atoms with E-state index < -0.39 is 11.6 Å². The van der Waals surface area contributed by atoms with E-state index in [2.05, 4.69) is 6.92 Å². The molecular weight excluding hydrogens is 373 g/mol. The summed E-state index contributed by atoms with van der Waals surface area (Å²) in [4.78, 5) is 0. The zero-order valence-electron chi connectivity index (χ0n) is 16.8. The van der Waals surface area contributed by atoms with Crippen LogP contribution in [0.3, 0.4) is 0 Å². The van der Waals surface area contributed by atoms with Crippen molar-refractivity contribution >= 4 is 0 Å². The van der Waals surface area contributed by atoms with Crippen LogP contribution in [0, 0.1) is 17.5 Å². The van der Waals surface area contributed by atoms with Gasteiger partial charge in [-0.2, -0.15) is 0 Å². The summed E-state index contributed by atoms with van der Waals surface area (Å²) in [6, 6.07) is 15.4. The third kappa shape index (κ3) is 5.00. The fourth-order valence-corrected chi connectivity index (χ4v) is 3.23. The van der Waals surface area contributed by atoms with Crippen LogP contribution in [0.25, 0.3) is 11.1 Å². The molecule has 0 aliphatic carbocycles. The normalized spacial score (nSPS) is 10.9. The third-order valence-electron chi connectivity index (χ3n) is 5.04. The van der Waals surface area contributed by atoms with Gasteiger partial charge in [-0.05, 0) is 54.2 Å². The molecule has 0 aromatic heterocycles. The van der Waals surface area contributed by atoms with Gasteiger partial charge in [0.05, 0.1) is 0 Å². The summed E-state index contributed by atoms with van der Waals surface area (Å²) < 4.78 is 48.0. The maximum absolute atomic E-state index is 14.5. The Labute approximate surface area is 170 Å². The summed E-state index contributed by atoms with van der Waals surface area (Å²) in [6.07, 6.45) is 3.42. The van der Waals surface area contributed by atoms with E-state index >= 15 is 0 Å². The lowest BCUT2D eigenvalue weighted by molar-refractivity contribution is 0.297. The van der Waals surface area contributed by atoms with Gasteiger partial charge in [0.1, 0.15) is 18.2 Å². The van der Waals surface area contributed by atoms with Crippen LogP contribution in [0.4, 0.5) is 13.2 Å². The van der Waals surface area contributed by atoms with Gasteiger partial charge in [-0.25, -0.2) is 13.2 Å². The second-order valence-corrected chi connectivity index (χ2v) is 7.10. The number of hydrogen-bond donors (Lipinski definition) is 0. The van der Waals surface area contributed by atoms with Crippen LogP contribution in [0.1, 0.15) is 43.4 Å². The lowest BCUT2D eigenvalue weighted by Crippen LogP contribution is -2.03. The van der Waals surface area contributed by atoms with E-state index in [9.17, 15) is 13.2 Å². The van der Waals surface area contributed by atoms with Crippen molar-refractivity contribution in [2.75, 3.05) is 0 Å². The summed E-state index contributed by atoms with van der Waals surface area (Å²) >= 11 is 0. The molecular formula is C25H25F3O. The molecule has 0 saturated heterocycles. The first-order valence-corrected chi connectivity index (χ1v) is 10.0. The predicted octanol–water partition coefficient (Wildman–Crippen LogP) is 7.25. The van der Waals surface area contributed by atoms with Crippen LogP contribution in [-0.4, -0.2) is 0 Å². The average Bonchev–Trinajstić information content (AvgIpc) is 2.74. The molecule has 0 bridgehead atoms. The third-order valence-corrected chi connectivity index (χ3v) is 5.04. The number of benzene rings is 3. The van der Waals surface area contributed by atoms with Gasteiger partial charge in [0, 0.05) is 11.1 Å². The average molecular weight is 398 g/mol. The van der Waals surface area contributed by atoms with E-state index in [4.69, 9.17) is 4.74 Å². The zero-order chi connectivity index (χ0) is 20.8. The second kappa shape index (κ2) is 9.64. The largest absolute Gasteiger partial charge is 0.489 e. The van der Waals surface area contributed by atoms with E-state index in [1.807, 2.05) is 6.07 Å². The van der Waals surface area contributed by atoms with Crippen LogP contribution in [0.5, 0.6) is 5.75 Å².